The zero-order valence-corrected chi connectivity index (χ0v) is 12.6. The lowest BCUT2D eigenvalue weighted by Gasteiger charge is -2.27. The lowest BCUT2D eigenvalue weighted by molar-refractivity contribution is 0.183. The Bertz CT molecular complexity index is 415. The maximum Gasteiger partial charge on any atom is 0.0663 e. The first kappa shape index (κ1) is 14.4. The van der Waals surface area contributed by atoms with Crippen LogP contribution in [0.1, 0.15) is 30.9 Å². The second-order valence-electron chi connectivity index (χ2n) is 5.68. The van der Waals surface area contributed by atoms with Gasteiger partial charge in [-0.1, -0.05) is 6.07 Å². The van der Waals surface area contributed by atoms with Crippen molar-refractivity contribution < 1.29 is 4.74 Å². The molecule has 1 fully saturated rings. The Labute approximate surface area is 116 Å². The summed E-state index contributed by atoms with van der Waals surface area (Å²) in [4.78, 5) is 2.27. The number of anilines is 1. The van der Waals surface area contributed by atoms with Gasteiger partial charge in [-0.2, -0.15) is 0 Å². The monoisotopic (exact) mass is 262 g/mol. The molecule has 3 nitrogen and oxygen atoms in total. The van der Waals surface area contributed by atoms with Gasteiger partial charge in [0, 0.05) is 38.5 Å². The van der Waals surface area contributed by atoms with Crippen LogP contribution in [0.4, 0.5) is 5.69 Å². The number of nitrogens with one attached hydrogen (secondary N) is 1. The Morgan fingerprint density at radius 1 is 1.42 bits per heavy atom. The molecule has 1 N–H and O–H groups in total. The van der Waals surface area contributed by atoms with E-state index in [1.165, 1.54) is 29.7 Å². The maximum absolute atomic E-state index is 5.22. The third-order valence-electron chi connectivity index (χ3n) is 3.96. The summed E-state index contributed by atoms with van der Waals surface area (Å²) in [7, 11) is 3.88. The Morgan fingerprint density at radius 2 is 2.16 bits per heavy atom. The van der Waals surface area contributed by atoms with E-state index in [4.69, 9.17) is 4.74 Å². The summed E-state index contributed by atoms with van der Waals surface area (Å²) in [5.74, 6) is 0. The SMILES string of the molecule is COCC(C)N(C)c1ccc(CNC2CC2)c(C)c1. The van der Waals surface area contributed by atoms with Crippen molar-refractivity contribution in [3.63, 3.8) is 0 Å². The van der Waals surface area contributed by atoms with Gasteiger partial charge in [-0.25, -0.2) is 0 Å². The molecular weight excluding hydrogens is 236 g/mol. The lowest BCUT2D eigenvalue weighted by Crippen LogP contribution is -2.32. The Kier molecular flexibility index (Phi) is 4.83. The first-order chi connectivity index (χ1) is 9.11. The fraction of sp³-hybridized carbons (Fsp3) is 0.625. The molecule has 106 valence electrons. The minimum atomic E-state index is 0.389. The summed E-state index contributed by atoms with van der Waals surface area (Å²) in [5, 5.41) is 3.57. The van der Waals surface area contributed by atoms with E-state index in [-0.39, 0.29) is 0 Å². The van der Waals surface area contributed by atoms with Crippen LogP contribution >= 0.6 is 0 Å². The van der Waals surface area contributed by atoms with Gasteiger partial charge in [-0.05, 0) is 49.9 Å². The number of hydrogen-bond acceptors (Lipinski definition) is 3. The van der Waals surface area contributed by atoms with E-state index in [0.717, 1.165) is 19.2 Å². The molecule has 1 aromatic rings. The normalized spacial score (nSPS) is 16.4. The van der Waals surface area contributed by atoms with Crippen LogP contribution in [0.3, 0.4) is 0 Å². The van der Waals surface area contributed by atoms with Crippen molar-refractivity contribution in [3.8, 4) is 0 Å². The van der Waals surface area contributed by atoms with Crippen molar-refractivity contribution in [2.45, 2.75) is 45.3 Å². The number of aryl methyl sites for hydroxylation is 1. The summed E-state index contributed by atoms with van der Waals surface area (Å²) in [6.07, 6.45) is 2.68. The van der Waals surface area contributed by atoms with Gasteiger partial charge in [0.15, 0.2) is 0 Å². The predicted octanol–water partition coefficient (Wildman–Crippen LogP) is 2.72. The summed E-state index contributed by atoms with van der Waals surface area (Å²) in [6, 6.07) is 7.89. The Hall–Kier alpha value is -1.06. The maximum atomic E-state index is 5.22. The highest BCUT2D eigenvalue weighted by atomic mass is 16.5. The number of benzene rings is 1. The largest absolute Gasteiger partial charge is 0.383 e. The van der Waals surface area contributed by atoms with Crippen LogP contribution in [0.25, 0.3) is 0 Å². The smallest absolute Gasteiger partial charge is 0.0663 e. The van der Waals surface area contributed by atoms with E-state index in [2.05, 4.69) is 49.3 Å². The summed E-state index contributed by atoms with van der Waals surface area (Å²) < 4.78 is 5.22. The number of methoxy groups -OCH3 is 1. The minimum Gasteiger partial charge on any atom is -0.383 e. The molecule has 0 spiro atoms. The average molecular weight is 262 g/mol. The number of rotatable bonds is 7. The fourth-order valence-electron chi connectivity index (χ4n) is 2.25. The molecule has 1 aliphatic rings. The summed E-state index contributed by atoms with van der Waals surface area (Å²) in [5.41, 5.74) is 4.03. The highest BCUT2D eigenvalue weighted by Crippen LogP contribution is 2.22. The molecule has 1 aromatic carbocycles. The molecular formula is C16H26N2O. The fourth-order valence-corrected chi connectivity index (χ4v) is 2.25. The van der Waals surface area contributed by atoms with Gasteiger partial charge >= 0.3 is 0 Å². The van der Waals surface area contributed by atoms with Gasteiger partial charge in [0.1, 0.15) is 0 Å². The van der Waals surface area contributed by atoms with E-state index in [1.54, 1.807) is 7.11 Å². The van der Waals surface area contributed by atoms with Crippen molar-refractivity contribution in [1.82, 2.24) is 5.32 Å². The van der Waals surface area contributed by atoms with Crippen LogP contribution in [0.2, 0.25) is 0 Å². The second kappa shape index (κ2) is 6.40. The molecule has 0 aliphatic heterocycles. The quantitative estimate of drug-likeness (QED) is 0.817. The second-order valence-corrected chi connectivity index (χ2v) is 5.68. The van der Waals surface area contributed by atoms with E-state index in [0.29, 0.717) is 6.04 Å². The Balaban J connectivity index is 1.99. The summed E-state index contributed by atoms with van der Waals surface area (Å²) in [6.45, 7) is 6.12. The lowest BCUT2D eigenvalue weighted by atomic mass is 10.1. The number of hydrogen-bond donors (Lipinski definition) is 1. The van der Waals surface area contributed by atoms with E-state index in [1.807, 2.05) is 0 Å². The van der Waals surface area contributed by atoms with E-state index < -0.39 is 0 Å². The zero-order valence-electron chi connectivity index (χ0n) is 12.6. The van der Waals surface area contributed by atoms with Crippen molar-refractivity contribution in [1.29, 1.82) is 0 Å². The van der Waals surface area contributed by atoms with Crippen molar-refractivity contribution in [3.05, 3.63) is 29.3 Å². The average Bonchev–Trinajstić information content (AvgIpc) is 3.20. The molecule has 0 bridgehead atoms. The van der Waals surface area contributed by atoms with Gasteiger partial charge in [-0.3, -0.25) is 0 Å². The molecule has 0 aromatic heterocycles. The van der Waals surface area contributed by atoms with Crippen LogP contribution < -0.4 is 10.2 Å². The predicted molar refractivity (Wildman–Crippen MR) is 80.8 cm³/mol. The van der Waals surface area contributed by atoms with Crippen LogP contribution in [-0.4, -0.2) is 32.8 Å². The third-order valence-corrected chi connectivity index (χ3v) is 3.96. The minimum absolute atomic E-state index is 0.389. The molecule has 1 atom stereocenters. The molecule has 0 heterocycles. The van der Waals surface area contributed by atoms with Gasteiger partial charge in [0.2, 0.25) is 0 Å². The molecule has 0 amide bonds. The Morgan fingerprint density at radius 3 is 2.74 bits per heavy atom. The van der Waals surface area contributed by atoms with Crippen LogP contribution in [0, 0.1) is 6.92 Å². The first-order valence-corrected chi connectivity index (χ1v) is 7.16. The first-order valence-electron chi connectivity index (χ1n) is 7.16. The van der Waals surface area contributed by atoms with Crippen molar-refractivity contribution >= 4 is 5.69 Å². The zero-order chi connectivity index (χ0) is 13.8. The van der Waals surface area contributed by atoms with Crippen LogP contribution in [0.5, 0.6) is 0 Å². The third kappa shape index (κ3) is 3.95. The van der Waals surface area contributed by atoms with Gasteiger partial charge in [-0.15, -0.1) is 0 Å². The van der Waals surface area contributed by atoms with Gasteiger partial charge in [0.25, 0.3) is 0 Å². The van der Waals surface area contributed by atoms with Gasteiger partial charge < -0.3 is 15.0 Å². The number of likely N-dealkylation sites (N-methyl/N-ethyl adjacent to an activating group) is 1. The molecule has 1 aliphatic carbocycles. The standard InChI is InChI=1S/C16H26N2O/c1-12-9-16(18(3)13(2)11-19-4)8-5-14(12)10-17-15-6-7-15/h5,8-9,13,15,17H,6-7,10-11H2,1-4H3. The molecule has 0 saturated heterocycles. The topological polar surface area (TPSA) is 24.5 Å². The van der Waals surface area contributed by atoms with Crippen molar-refractivity contribution in [2.75, 3.05) is 25.7 Å². The van der Waals surface area contributed by atoms with Gasteiger partial charge in [0.05, 0.1) is 6.61 Å². The molecule has 1 unspecified atom stereocenters. The highest BCUT2D eigenvalue weighted by Gasteiger charge is 2.20. The van der Waals surface area contributed by atoms with Crippen LogP contribution in [-0.2, 0) is 11.3 Å². The molecule has 0 radical (unpaired) electrons. The highest BCUT2D eigenvalue weighted by molar-refractivity contribution is 5.51. The van der Waals surface area contributed by atoms with Crippen LogP contribution in [0.15, 0.2) is 18.2 Å². The van der Waals surface area contributed by atoms with E-state index >= 15 is 0 Å². The number of nitrogens with zero attached hydrogens (tertiary/aromatic N) is 1. The van der Waals surface area contributed by atoms with E-state index in [9.17, 15) is 0 Å². The van der Waals surface area contributed by atoms with Crippen molar-refractivity contribution in [2.24, 2.45) is 0 Å². The summed E-state index contributed by atoms with van der Waals surface area (Å²) >= 11 is 0. The molecule has 2 rings (SSSR count). The molecule has 3 heteroatoms. The number of ether oxygens (including phenoxy) is 1. The molecule has 19 heavy (non-hydrogen) atoms. The molecule has 1 saturated carbocycles.